The van der Waals surface area contributed by atoms with E-state index in [0.717, 1.165) is 18.4 Å². The second kappa shape index (κ2) is 6.92. The van der Waals surface area contributed by atoms with Crippen LogP contribution in [0.25, 0.3) is 0 Å². The highest BCUT2D eigenvalue weighted by Crippen LogP contribution is 2.36. The molecule has 1 amide bonds. The smallest absolute Gasteiger partial charge is 0.242 e. The van der Waals surface area contributed by atoms with Crippen LogP contribution in [0.3, 0.4) is 0 Å². The van der Waals surface area contributed by atoms with E-state index in [1.54, 1.807) is 6.33 Å². The molecule has 0 bridgehead atoms. The van der Waals surface area contributed by atoms with E-state index in [0.29, 0.717) is 10.9 Å². The first kappa shape index (κ1) is 15.0. The van der Waals surface area contributed by atoms with Crippen LogP contribution in [0.4, 0.5) is 0 Å². The highest BCUT2D eigenvalue weighted by molar-refractivity contribution is 6.30. The fraction of sp³-hybridized carbons (Fsp3) is 0.438. The van der Waals surface area contributed by atoms with Gasteiger partial charge in [0.2, 0.25) is 5.91 Å². The van der Waals surface area contributed by atoms with Crippen LogP contribution in [0.1, 0.15) is 37.3 Å². The van der Waals surface area contributed by atoms with E-state index in [4.69, 9.17) is 11.6 Å². The van der Waals surface area contributed by atoms with E-state index in [-0.39, 0.29) is 18.5 Å². The Labute approximate surface area is 134 Å². The highest BCUT2D eigenvalue weighted by Gasteiger charge is 2.27. The van der Waals surface area contributed by atoms with E-state index in [9.17, 15) is 4.79 Å². The van der Waals surface area contributed by atoms with Crippen molar-refractivity contribution in [3.05, 3.63) is 47.5 Å². The molecule has 0 unspecified atom stereocenters. The van der Waals surface area contributed by atoms with Crippen molar-refractivity contribution in [3.8, 4) is 0 Å². The Morgan fingerprint density at radius 2 is 2.05 bits per heavy atom. The number of halogens is 1. The number of hydrogen-bond acceptors (Lipinski definition) is 3. The van der Waals surface area contributed by atoms with Crippen molar-refractivity contribution in [1.82, 2.24) is 20.1 Å². The molecule has 5 nitrogen and oxygen atoms in total. The number of nitrogens with zero attached hydrogens (tertiary/aromatic N) is 3. The van der Waals surface area contributed by atoms with Gasteiger partial charge in [0.25, 0.3) is 0 Å². The number of aromatic nitrogens is 3. The molecule has 1 N–H and O–H groups in total. The molecule has 6 heteroatoms. The molecule has 2 aromatic rings. The molecule has 0 aliphatic heterocycles. The first-order valence-electron chi connectivity index (χ1n) is 7.59. The third-order valence-electron chi connectivity index (χ3n) is 4.19. The molecule has 116 valence electrons. The molecule has 0 radical (unpaired) electrons. The van der Waals surface area contributed by atoms with E-state index in [1.165, 1.54) is 23.9 Å². The minimum atomic E-state index is -0.0441. The number of amides is 1. The predicted molar refractivity (Wildman–Crippen MR) is 84.3 cm³/mol. The van der Waals surface area contributed by atoms with Crippen molar-refractivity contribution in [2.24, 2.45) is 5.92 Å². The van der Waals surface area contributed by atoms with Gasteiger partial charge in [-0.15, -0.1) is 0 Å². The molecule has 1 fully saturated rings. The Morgan fingerprint density at radius 3 is 2.68 bits per heavy atom. The highest BCUT2D eigenvalue weighted by atomic mass is 35.5. The normalized spacial score (nSPS) is 16.6. The van der Waals surface area contributed by atoms with Gasteiger partial charge < -0.3 is 5.32 Å². The number of rotatable bonds is 5. The van der Waals surface area contributed by atoms with Crippen LogP contribution >= 0.6 is 11.6 Å². The Kier molecular flexibility index (Phi) is 4.73. The van der Waals surface area contributed by atoms with Crippen molar-refractivity contribution in [2.75, 3.05) is 0 Å². The quantitative estimate of drug-likeness (QED) is 0.922. The summed E-state index contributed by atoms with van der Waals surface area (Å²) in [4.78, 5) is 16.1. The molecule has 0 saturated heterocycles. The van der Waals surface area contributed by atoms with Gasteiger partial charge in [0.15, 0.2) is 0 Å². The summed E-state index contributed by atoms with van der Waals surface area (Å²) >= 11 is 5.97. The van der Waals surface area contributed by atoms with Gasteiger partial charge in [0, 0.05) is 5.02 Å². The maximum atomic E-state index is 12.3. The van der Waals surface area contributed by atoms with Gasteiger partial charge in [-0.2, -0.15) is 5.10 Å². The molecule has 3 rings (SSSR count). The summed E-state index contributed by atoms with van der Waals surface area (Å²) in [6, 6.07) is 7.79. The van der Waals surface area contributed by atoms with Crippen LogP contribution < -0.4 is 5.32 Å². The monoisotopic (exact) mass is 318 g/mol. The zero-order valence-electron chi connectivity index (χ0n) is 12.3. The SMILES string of the molecule is O=C(Cn1cncn1)N[C@@H](c1ccc(Cl)cc1)C1CCCC1. The fourth-order valence-corrected chi connectivity index (χ4v) is 3.24. The minimum Gasteiger partial charge on any atom is -0.347 e. The number of nitrogens with one attached hydrogen (secondary N) is 1. The lowest BCUT2D eigenvalue weighted by molar-refractivity contribution is -0.123. The molecule has 1 aliphatic carbocycles. The second-order valence-electron chi connectivity index (χ2n) is 5.73. The van der Waals surface area contributed by atoms with Gasteiger partial charge in [-0.05, 0) is 36.5 Å². The summed E-state index contributed by atoms with van der Waals surface area (Å²) in [5.74, 6) is 0.443. The maximum absolute atomic E-state index is 12.3. The van der Waals surface area contributed by atoms with Gasteiger partial charge in [-0.25, -0.2) is 9.67 Å². The largest absolute Gasteiger partial charge is 0.347 e. The Balaban J connectivity index is 1.73. The van der Waals surface area contributed by atoms with Crippen molar-refractivity contribution < 1.29 is 4.79 Å². The molecule has 0 spiro atoms. The molecule has 1 heterocycles. The zero-order chi connectivity index (χ0) is 15.4. The topological polar surface area (TPSA) is 59.8 Å². The lowest BCUT2D eigenvalue weighted by atomic mass is 9.91. The van der Waals surface area contributed by atoms with Crippen LogP contribution in [0.2, 0.25) is 5.02 Å². The van der Waals surface area contributed by atoms with Crippen LogP contribution in [0.5, 0.6) is 0 Å². The summed E-state index contributed by atoms with van der Waals surface area (Å²) in [6.45, 7) is 0.191. The lowest BCUT2D eigenvalue weighted by Gasteiger charge is -2.25. The van der Waals surface area contributed by atoms with E-state index in [1.807, 2.05) is 24.3 Å². The molecule has 1 atom stereocenters. The summed E-state index contributed by atoms with van der Waals surface area (Å²) in [5.41, 5.74) is 1.11. The number of benzene rings is 1. The Hall–Kier alpha value is -1.88. The van der Waals surface area contributed by atoms with Gasteiger partial charge >= 0.3 is 0 Å². The second-order valence-corrected chi connectivity index (χ2v) is 6.17. The van der Waals surface area contributed by atoms with Crippen molar-refractivity contribution in [1.29, 1.82) is 0 Å². The lowest BCUT2D eigenvalue weighted by Crippen LogP contribution is -2.35. The summed E-state index contributed by atoms with van der Waals surface area (Å²) in [5, 5.41) is 7.85. The summed E-state index contributed by atoms with van der Waals surface area (Å²) in [6.07, 6.45) is 7.74. The average molecular weight is 319 g/mol. The minimum absolute atomic E-state index is 0.0378. The number of hydrogen-bond donors (Lipinski definition) is 1. The van der Waals surface area contributed by atoms with Gasteiger partial charge in [-0.1, -0.05) is 36.6 Å². The van der Waals surface area contributed by atoms with Crippen molar-refractivity contribution in [3.63, 3.8) is 0 Å². The Bertz CT molecular complexity index is 606. The first-order valence-corrected chi connectivity index (χ1v) is 7.97. The molecule has 1 saturated carbocycles. The predicted octanol–water partition coefficient (Wildman–Crippen LogP) is 2.98. The van der Waals surface area contributed by atoms with Crippen LogP contribution in [0.15, 0.2) is 36.9 Å². The number of carbonyl (C=O) groups is 1. The van der Waals surface area contributed by atoms with Crippen molar-refractivity contribution in [2.45, 2.75) is 38.3 Å². The third-order valence-corrected chi connectivity index (χ3v) is 4.44. The van der Waals surface area contributed by atoms with E-state index >= 15 is 0 Å². The zero-order valence-corrected chi connectivity index (χ0v) is 13.0. The van der Waals surface area contributed by atoms with Gasteiger partial charge in [0.05, 0.1) is 6.04 Å². The molecule has 1 aromatic heterocycles. The first-order chi connectivity index (χ1) is 10.7. The fourth-order valence-electron chi connectivity index (χ4n) is 3.11. The van der Waals surface area contributed by atoms with Gasteiger partial charge in [0.1, 0.15) is 19.2 Å². The van der Waals surface area contributed by atoms with Gasteiger partial charge in [-0.3, -0.25) is 4.79 Å². The number of carbonyl (C=O) groups excluding carboxylic acids is 1. The standard InChI is InChI=1S/C16H19ClN4O/c17-14-7-5-13(6-8-14)16(12-3-1-2-4-12)20-15(22)9-21-11-18-10-19-21/h5-8,10-12,16H,1-4,9H2,(H,20,22)/t16-/m1/s1. The van der Waals surface area contributed by atoms with Crippen molar-refractivity contribution >= 4 is 17.5 Å². The molecule has 1 aromatic carbocycles. The average Bonchev–Trinajstić information content (AvgIpc) is 3.19. The molecule has 1 aliphatic rings. The van der Waals surface area contributed by atoms with Crippen LogP contribution in [-0.2, 0) is 11.3 Å². The third kappa shape index (κ3) is 3.65. The molecular weight excluding hydrogens is 300 g/mol. The summed E-state index contributed by atoms with van der Waals surface area (Å²) < 4.78 is 1.53. The summed E-state index contributed by atoms with van der Waals surface area (Å²) in [7, 11) is 0. The van der Waals surface area contributed by atoms with E-state index in [2.05, 4.69) is 15.4 Å². The molecule has 22 heavy (non-hydrogen) atoms. The maximum Gasteiger partial charge on any atom is 0.242 e. The Morgan fingerprint density at radius 1 is 1.32 bits per heavy atom. The van der Waals surface area contributed by atoms with E-state index < -0.39 is 0 Å². The van der Waals surface area contributed by atoms with Crippen LogP contribution in [-0.4, -0.2) is 20.7 Å². The molecular formula is C16H19ClN4O. The van der Waals surface area contributed by atoms with Crippen LogP contribution in [0, 0.1) is 5.92 Å².